The molecule has 0 bridgehead atoms. The van der Waals surface area contributed by atoms with Crippen LogP contribution in [0.4, 0.5) is 0 Å². The smallest absolute Gasteiger partial charge is 0.274 e. The molecule has 4 rings (SSSR count). The first-order chi connectivity index (χ1) is 15.0. The van der Waals surface area contributed by atoms with Gasteiger partial charge in [-0.1, -0.05) is 41.4 Å². The number of aryl methyl sites for hydroxylation is 2. The molecule has 0 radical (unpaired) electrons. The predicted octanol–water partition coefficient (Wildman–Crippen LogP) is 4.15. The lowest BCUT2D eigenvalue weighted by Crippen LogP contribution is -2.48. The molecular formula is C24H27ClN4O2. The normalized spacial score (nSPS) is 14.6. The van der Waals surface area contributed by atoms with Crippen LogP contribution in [0.5, 0.6) is 5.75 Å². The zero-order valence-corrected chi connectivity index (χ0v) is 18.7. The van der Waals surface area contributed by atoms with Crippen molar-refractivity contribution in [3.8, 4) is 5.75 Å². The summed E-state index contributed by atoms with van der Waals surface area (Å²) < 4.78 is 7.51. The molecule has 0 atom stereocenters. The summed E-state index contributed by atoms with van der Waals surface area (Å²) in [7, 11) is 0. The van der Waals surface area contributed by atoms with E-state index in [9.17, 15) is 4.79 Å². The molecule has 0 spiro atoms. The maximum atomic E-state index is 12.9. The Labute approximate surface area is 188 Å². The van der Waals surface area contributed by atoms with Crippen LogP contribution in [-0.2, 0) is 13.3 Å². The number of carbonyl (C=O) groups is 1. The minimum absolute atomic E-state index is 0.0311. The van der Waals surface area contributed by atoms with E-state index in [4.69, 9.17) is 16.3 Å². The van der Waals surface area contributed by atoms with Crippen molar-refractivity contribution in [3.05, 3.63) is 82.1 Å². The van der Waals surface area contributed by atoms with Gasteiger partial charge in [-0.3, -0.25) is 9.69 Å². The van der Waals surface area contributed by atoms with Crippen LogP contribution in [0.1, 0.15) is 27.2 Å². The summed E-state index contributed by atoms with van der Waals surface area (Å²) in [6.07, 6.45) is 1.79. The molecule has 1 aliphatic heterocycles. The molecule has 6 nitrogen and oxygen atoms in total. The van der Waals surface area contributed by atoms with E-state index in [1.807, 2.05) is 48.2 Å². The number of hydrogen-bond acceptors (Lipinski definition) is 4. The molecule has 162 valence electrons. The molecule has 1 fully saturated rings. The Balaban J connectivity index is 1.28. The lowest BCUT2D eigenvalue weighted by Gasteiger charge is -2.34. The molecule has 0 unspecified atom stereocenters. The van der Waals surface area contributed by atoms with Crippen LogP contribution in [0.25, 0.3) is 0 Å². The molecule has 0 aliphatic carbocycles. The second-order valence-corrected chi connectivity index (χ2v) is 8.41. The molecule has 3 aromatic rings. The number of amides is 1. The Morgan fingerprint density at radius 3 is 2.48 bits per heavy atom. The fraction of sp³-hybridized carbons (Fsp3) is 0.333. The van der Waals surface area contributed by atoms with Gasteiger partial charge >= 0.3 is 0 Å². The quantitative estimate of drug-likeness (QED) is 0.580. The third kappa shape index (κ3) is 5.46. The summed E-state index contributed by atoms with van der Waals surface area (Å²) in [4.78, 5) is 17.1. The molecule has 1 aromatic heterocycles. The zero-order chi connectivity index (χ0) is 21.8. The second-order valence-electron chi connectivity index (χ2n) is 7.98. The van der Waals surface area contributed by atoms with Gasteiger partial charge in [0.2, 0.25) is 0 Å². The van der Waals surface area contributed by atoms with Crippen molar-refractivity contribution in [2.75, 3.05) is 26.2 Å². The number of piperazine rings is 1. The average Bonchev–Trinajstić information content (AvgIpc) is 3.24. The fourth-order valence-corrected chi connectivity index (χ4v) is 3.89. The van der Waals surface area contributed by atoms with E-state index in [2.05, 4.69) is 23.0 Å². The van der Waals surface area contributed by atoms with Gasteiger partial charge in [0.15, 0.2) is 12.4 Å². The van der Waals surface area contributed by atoms with E-state index in [1.54, 1.807) is 16.9 Å². The predicted molar refractivity (Wildman–Crippen MR) is 121 cm³/mol. The topological polar surface area (TPSA) is 50.6 Å². The molecule has 1 aliphatic rings. The zero-order valence-electron chi connectivity index (χ0n) is 17.9. The highest BCUT2D eigenvalue weighted by Crippen LogP contribution is 2.19. The van der Waals surface area contributed by atoms with Crippen molar-refractivity contribution in [2.24, 2.45) is 0 Å². The highest BCUT2D eigenvalue weighted by molar-refractivity contribution is 6.30. The number of halogens is 1. The lowest BCUT2D eigenvalue weighted by molar-refractivity contribution is 0.0621. The largest absolute Gasteiger partial charge is 0.471 e. The van der Waals surface area contributed by atoms with Crippen LogP contribution < -0.4 is 4.74 Å². The molecule has 7 heteroatoms. The van der Waals surface area contributed by atoms with Gasteiger partial charge in [0.05, 0.1) is 0 Å². The summed E-state index contributed by atoms with van der Waals surface area (Å²) in [6, 6.07) is 15.7. The summed E-state index contributed by atoms with van der Waals surface area (Å²) in [5, 5.41) is 5.17. The third-order valence-electron chi connectivity index (χ3n) is 5.52. The van der Waals surface area contributed by atoms with Gasteiger partial charge in [-0.25, -0.2) is 4.68 Å². The number of hydrogen-bond donors (Lipinski definition) is 0. The van der Waals surface area contributed by atoms with Gasteiger partial charge in [0.1, 0.15) is 5.75 Å². The Bertz CT molecular complexity index is 1040. The van der Waals surface area contributed by atoms with Gasteiger partial charge < -0.3 is 9.64 Å². The number of aromatic nitrogens is 2. The number of ether oxygens (including phenoxy) is 1. The highest BCUT2D eigenvalue weighted by Gasteiger charge is 2.23. The van der Waals surface area contributed by atoms with E-state index in [1.165, 1.54) is 11.1 Å². The third-order valence-corrected chi connectivity index (χ3v) is 5.77. The Morgan fingerprint density at radius 2 is 1.77 bits per heavy atom. The van der Waals surface area contributed by atoms with Crippen LogP contribution in [0.3, 0.4) is 0 Å². The van der Waals surface area contributed by atoms with E-state index in [-0.39, 0.29) is 12.6 Å². The SMILES string of the molecule is Cc1ccc(OCn2ccc(C(=O)N3CCN(Cc4ccc(Cl)cc4)CC3)n2)c(C)c1. The lowest BCUT2D eigenvalue weighted by atomic mass is 10.1. The molecule has 0 saturated carbocycles. The van der Waals surface area contributed by atoms with E-state index < -0.39 is 0 Å². The number of rotatable bonds is 6. The first kappa shape index (κ1) is 21.4. The number of benzene rings is 2. The standard InChI is InChI=1S/C24H27ClN4O2/c1-18-3-8-23(19(2)15-18)31-17-29-10-9-22(26-29)24(30)28-13-11-27(12-14-28)16-20-4-6-21(25)7-5-20/h3-10,15H,11-14,16-17H2,1-2H3. The summed E-state index contributed by atoms with van der Waals surface area (Å²) in [6.45, 7) is 8.27. The van der Waals surface area contributed by atoms with Crippen LogP contribution >= 0.6 is 11.6 Å². The molecule has 1 amide bonds. The molecule has 2 heterocycles. The Hall–Kier alpha value is -2.83. The molecule has 1 saturated heterocycles. The average molecular weight is 439 g/mol. The Morgan fingerprint density at radius 1 is 1.03 bits per heavy atom. The van der Waals surface area contributed by atoms with Gasteiger partial charge in [-0.15, -0.1) is 0 Å². The summed E-state index contributed by atoms with van der Waals surface area (Å²) >= 11 is 5.96. The minimum atomic E-state index is -0.0311. The van der Waals surface area contributed by atoms with Gasteiger partial charge in [0, 0.05) is 43.9 Å². The van der Waals surface area contributed by atoms with Gasteiger partial charge in [-0.05, 0) is 49.2 Å². The number of carbonyl (C=O) groups excluding carboxylic acids is 1. The fourth-order valence-electron chi connectivity index (χ4n) is 3.76. The Kier molecular flexibility index (Phi) is 6.59. The molecular weight excluding hydrogens is 412 g/mol. The first-order valence-electron chi connectivity index (χ1n) is 10.5. The number of nitrogens with zero attached hydrogens (tertiary/aromatic N) is 4. The maximum absolute atomic E-state index is 12.9. The monoisotopic (exact) mass is 438 g/mol. The van der Waals surface area contributed by atoms with E-state index in [0.717, 1.165) is 36.0 Å². The van der Waals surface area contributed by atoms with E-state index in [0.29, 0.717) is 18.8 Å². The van der Waals surface area contributed by atoms with Gasteiger partial charge in [-0.2, -0.15) is 5.10 Å². The van der Waals surface area contributed by atoms with E-state index >= 15 is 0 Å². The van der Waals surface area contributed by atoms with Crippen molar-refractivity contribution in [1.82, 2.24) is 19.6 Å². The highest BCUT2D eigenvalue weighted by atomic mass is 35.5. The van der Waals surface area contributed by atoms with Gasteiger partial charge in [0.25, 0.3) is 5.91 Å². The second kappa shape index (κ2) is 9.54. The van der Waals surface area contributed by atoms with Crippen molar-refractivity contribution >= 4 is 17.5 Å². The summed E-state index contributed by atoms with van der Waals surface area (Å²) in [5.74, 6) is 0.794. The molecule has 31 heavy (non-hydrogen) atoms. The van der Waals surface area contributed by atoms with Crippen molar-refractivity contribution in [3.63, 3.8) is 0 Å². The van der Waals surface area contributed by atoms with Crippen LogP contribution in [0.15, 0.2) is 54.7 Å². The van der Waals surface area contributed by atoms with Crippen LogP contribution in [0, 0.1) is 13.8 Å². The van der Waals surface area contributed by atoms with Crippen molar-refractivity contribution in [1.29, 1.82) is 0 Å². The first-order valence-corrected chi connectivity index (χ1v) is 10.9. The maximum Gasteiger partial charge on any atom is 0.274 e. The van der Waals surface area contributed by atoms with Crippen molar-refractivity contribution in [2.45, 2.75) is 27.1 Å². The van der Waals surface area contributed by atoms with Crippen LogP contribution in [0.2, 0.25) is 5.02 Å². The minimum Gasteiger partial charge on any atom is -0.471 e. The van der Waals surface area contributed by atoms with Crippen molar-refractivity contribution < 1.29 is 9.53 Å². The molecule has 0 N–H and O–H groups in total. The summed E-state index contributed by atoms with van der Waals surface area (Å²) in [5.41, 5.74) is 3.96. The molecule has 2 aromatic carbocycles. The van der Waals surface area contributed by atoms with Crippen LogP contribution in [-0.4, -0.2) is 51.7 Å².